The number of halogens is 1. The lowest BCUT2D eigenvalue weighted by Crippen LogP contribution is -2.46. The Kier molecular flexibility index (Phi) is 3.40. The normalized spacial score (nSPS) is 21.1. The topological polar surface area (TPSA) is 77.2 Å². The second-order valence-electron chi connectivity index (χ2n) is 3.59. The molecular formula is C9H14ClN5O. The van der Waals surface area contributed by atoms with Gasteiger partial charge >= 0.3 is 0 Å². The van der Waals surface area contributed by atoms with Crippen LogP contribution in [0.1, 0.15) is 13.3 Å². The lowest BCUT2D eigenvalue weighted by molar-refractivity contribution is 0.0921. The van der Waals surface area contributed by atoms with E-state index in [1.807, 2.05) is 0 Å². The van der Waals surface area contributed by atoms with E-state index in [0.29, 0.717) is 19.2 Å². The first-order valence-corrected chi connectivity index (χ1v) is 5.60. The molecule has 0 saturated carbocycles. The first-order valence-electron chi connectivity index (χ1n) is 5.22. The number of nitrogens with two attached hydrogens (primary N) is 1. The molecule has 16 heavy (non-hydrogen) atoms. The van der Waals surface area contributed by atoms with Crippen molar-refractivity contribution in [3.05, 3.63) is 5.28 Å². The zero-order valence-electron chi connectivity index (χ0n) is 9.06. The number of nitrogen functional groups attached to an aromatic ring is 1. The van der Waals surface area contributed by atoms with Crippen molar-refractivity contribution in [1.29, 1.82) is 0 Å². The molecule has 0 aromatic carbocycles. The Hall–Kier alpha value is -1.14. The van der Waals surface area contributed by atoms with Crippen LogP contribution in [0.3, 0.4) is 0 Å². The molecule has 1 aliphatic rings. The summed E-state index contributed by atoms with van der Waals surface area (Å²) in [5.74, 6) is 0.684. The van der Waals surface area contributed by atoms with Crippen molar-refractivity contribution in [2.45, 2.75) is 19.4 Å². The standard InChI is InChI=1S/C9H14ClN5O/c1-2-6-5-16-4-3-15(6)9-13-7(10)12-8(11)14-9/h6H,2-5H2,1H3,(H2,11,12,13,14). The summed E-state index contributed by atoms with van der Waals surface area (Å²) in [4.78, 5) is 14.0. The molecule has 2 N–H and O–H groups in total. The maximum Gasteiger partial charge on any atom is 0.231 e. The average Bonchev–Trinajstić information content (AvgIpc) is 2.27. The van der Waals surface area contributed by atoms with E-state index in [1.54, 1.807) is 0 Å². The molecule has 1 saturated heterocycles. The molecule has 0 bridgehead atoms. The number of anilines is 2. The van der Waals surface area contributed by atoms with E-state index in [0.717, 1.165) is 13.0 Å². The Labute approximate surface area is 98.8 Å². The molecule has 1 atom stereocenters. The van der Waals surface area contributed by atoms with Gasteiger partial charge in [-0.15, -0.1) is 0 Å². The highest BCUT2D eigenvalue weighted by Gasteiger charge is 2.24. The van der Waals surface area contributed by atoms with E-state index in [1.165, 1.54) is 0 Å². The van der Waals surface area contributed by atoms with Crippen molar-refractivity contribution in [2.75, 3.05) is 30.4 Å². The van der Waals surface area contributed by atoms with Crippen LogP contribution in [-0.4, -0.2) is 40.8 Å². The average molecular weight is 244 g/mol. The summed E-state index contributed by atoms with van der Waals surface area (Å²) in [5.41, 5.74) is 5.55. The maximum absolute atomic E-state index is 5.76. The molecule has 2 heterocycles. The van der Waals surface area contributed by atoms with Gasteiger partial charge in [0.25, 0.3) is 0 Å². The number of hydrogen-bond donors (Lipinski definition) is 1. The van der Waals surface area contributed by atoms with Crippen molar-refractivity contribution in [3.63, 3.8) is 0 Å². The fourth-order valence-corrected chi connectivity index (χ4v) is 1.90. The van der Waals surface area contributed by atoms with Gasteiger partial charge in [0.1, 0.15) is 0 Å². The third-order valence-electron chi connectivity index (χ3n) is 2.57. The van der Waals surface area contributed by atoms with E-state index in [9.17, 15) is 0 Å². The molecule has 1 fully saturated rings. The van der Waals surface area contributed by atoms with Crippen molar-refractivity contribution in [2.24, 2.45) is 0 Å². The Morgan fingerprint density at radius 1 is 1.50 bits per heavy atom. The van der Waals surface area contributed by atoms with Crippen LogP contribution in [0.2, 0.25) is 5.28 Å². The SMILES string of the molecule is CCC1COCCN1c1nc(N)nc(Cl)n1. The van der Waals surface area contributed by atoms with Crippen LogP contribution in [0.25, 0.3) is 0 Å². The Balaban J connectivity index is 2.26. The lowest BCUT2D eigenvalue weighted by Gasteiger charge is -2.34. The van der Waals surface area contributed by atoms with Crippen LogP contribution in [0, 0.1) is 0 Å². The highest BCUT2D eigenvalue weighted by atomic mass is 35.5. The zero-order valence-corrected chi connectivity index (χ0v) is 9.81. The molecular weight excluding hydrogens is 230 g/mol. The summed E-state index contributed by atoms with van der Waals surface area (Å²) in [5, 5.41) is 0.129. The summed E-state index contributed by atoms with van der Waals surface area (Å²) < 4.78 is 5.41. The number of ether oxygens (including phenoxy) is 1. The minimum Gasteiger partial charge on any atom is -0.377 e. The molecule has 7 heteroatoms. The minimum atomic E-state index is 0.129. The molecule has 1 aliphatic heterocycles. The Morgan fingerprint density at radius 3 is 3.00 bits per heavy atom. The Morgan fingerprint density at radius 2 is 2.31 bits per heavy atom. The fraction of sp³-hybridized carbons (Fsp3) is 0.667. The third kappa shape index (κ3) is 2.33. The summed E-state index contributed by atoms with van der Waals surface area (Å²) in [6.07, 6.45) is 0.962. The van der Waals surface area contributed by atoms with Gasteiger partial charge in [-0.05, 0) is 18.0 Å². The van der Waals surface area contributed by atoms with Crippen LogP contribution in [-0.2, 0) is 4.74 Å². The summed E-state index contributed by atoms with van der Waals surface area (Å²) in [7, 11) is 0. The molecule has 1 unspecified atom stereocenters. The molecule has 0 amide bonds. The Bertz CT molecular complexity index is 355. The first kappa shape index (κ1) is 11.3. The van der Waals surface area contributed by atoms with E-state index in [2.05, 4.69) is 26.8 Å². The second-order valence-corrected chi connectivity index (χ2v) is 3.93. The van der Waals surface area contributed by atoms with Crippen molar-refractivity contribution < 1.29 is 4.74 Å². The minimum absolute atomic E-state index is 0.129. The van der Waals surface area contributed by atoms with Gasteiger partial charge < -0.3 is 15.4 Å². The van der Waals surface area contributed by atoms with Crippen molar-refractivity contribution >= 4 is 23.5 Å². The molecule has 1 aromatic heterocycles. The second kappa shape index (κ2) is 4.80. The van der Waals surface area contributed by atoms with E-state index < -0.39 is 0 Å². The van der Waals surface area contributed by atoms with Gasteiger partial charge in [-0.3, -0.25) is 0 Å². The molecule has 2 rings (SSSR count). The van der Waals surface area contributed by atoms with Gasteiger partial charge in [0.05, 0.1) is 19.3 Å². The molecule has 88 valence electrons. The number of morpholine rings is 1. The number of hydrogen-bond acceptors (Lipinski definition) is 6. The monoisotopic (exact) mass is 243 g/mol. The maximum atomic E-state index is 5.76. The predicted molar refractivity (Wildman–Crippen MR) is 61.5 cm³/mol. The quantitative estimate of drug-likeness (QED) is 0.825. The highest BCUT2D eigenvalue weighted by molar-refractivity contribution is 6.28. The van der Waals surface area contributed by atoms with Crippen LogP contribution in [0.5, 0.6) is 0 Å². The van der Waals surface area contributed by atoms with Crippen LogP contribution in [0.4, 0.5) is 11.9 Å². The molecule has 0 aliphatic carbocycles. The van der Waals surface area contributed by atoms with Crippen LogP contribution in [0.15, 0.2) is 0 Å². The molecule has 1 aromatic rings. The summed E-state index contributed by atoms with van der Waals surface area (Å²) in [6.45, 7) is 4.19. The van der Waals surface area contributed by atoms with Gasteiger partial charge in [-0.25, -0.2) is 0 Å². The number of aromatic nitrogens is 3. The molecule has 6 nitrogen and oxygen atoms in total. The zero-order chi connectivity index (χ0) is 11.5. The van der Waals surface area contributed by atoms with Crippen LogP contribution >= 0.6 is 11.6 Å². The van der Waals surface area contributed by atoms with Gasteiger partial charge in [0.15, 0.2) is 0 Å². The largest absolute Gasteiger partial charge is 0.377 e. The van der Waals surface area contributed by atoms with Gasteiger partial charge in [-0.2, -0.15) is 15.0 Å². The van der Waals surface area contributed by atoms with Crippen molar-refractivity contribution in [1.82, 2.24) is 15.0 Å². The number of nitrogens with zero attached hydrogens (tertiary/aromatic N) is 4. The van der Waals surface area contributed by atoms with Gasteiger partial charge in [0, 0.05) is 6.54 Å². The predicted octanol–water partition coefficient (Wildman–Crippen LogP) is 0.722. The molecule has 0 spiro atoms. The van der Waals surface area contributed by atoms with Crippen LogP contribution < -0.4 is 10.6 Å². The first-order chi connectivity index (χ1) is 7.70. The lowest BCUT2D eigenvalue weighted by atomic mass is 10.2. The number of rotatable bonds is 2. The van der Waals surface area contributed by atoms with Crippen molar-refractivity contribution in [3.8, 4) is 0 Å². The fourth-order valence-electron chi connectivity index (χ4n) is 1.74. The summed E-state index contributed by atoms with van der Waals surface area (Å²) in [6, 6.07) is 0.270. The molecule has 0 radical (unpaired) electrons. The van der Waals surface area contributed by atoms with Gasteiger partial charge in [-0.1, -0.05) is 6.92 Å². The smallest absolute Gasteiger partial charge is 0.231 e. The third-order valence-corrected chi connectivity index (χ3v) is 2.74. The highest BCUT2D eigenvalue weighted by Crippen LogP contribution is 2.19. The van der Waals surface area contributed by atoms with E-state index in [-0.39, 0.29) is 17.3 Å². The van der Waals surface area contributed by atoms with Gasteiger partial charge in [0.2, 0.25) is 17.2 Å². The van der Waals surface area contributed by atoms with E-state index >= 15 is 0 Å². The van der Waals surface area contributed by atoms with E-state index in [4.69, 9.17) is 22.1 Å². The summed E-state index contributed by atoms with van der Waals surface area (Å²) >= 11 is 5.76.